The fourth-order valence-electron chi connectivity index (χ4n) is 4.23. The van der Waals surface area contributed by atoms with Crippen molar-refractivity contribution in [3.8, 4) is 11.5 Å². The number of hydrogen-bond donors (Lipinski definition) is 1. The average molecular weight is 443 g/mol. The summed E-state index contributed by atoms with van der Waals surface area (Å²) in [7, 11) is 3.27. The summed E-state index contributed by atoms with van der Waals surface area (Å²) in [6.07, 6.45) is 0.673. The van der Waals surface area contributed by atoms with Gasteiger partial charge in [0.25, 0.3) is 5.91 Å². The number of methoxy groups -OCH3 is 2. The van der Waals surface area contributed by atoms with Crippen molar-refractivity contribution in [3.05, 3.63) is 94.7 Å². The Balaban J connectivity index is 1.48. The van der Waals surface area contributed by atoms with Crippen LogP contribution in [-0.4, -0.2) is 31.2 Å². The van der Waals surface area contributed by atoms with E-state index in [1.54, 1.807) is 14.2 Å². The number of aromatic nitrogens is 1. The SMILES string of the molecule is COc1ccc(CCNC(=O)c2ccc3c(c2)c(C)c(C)n3Cc2ccccc2)c(OC)c1. The smallest absolute Gasteiger partial charge is 0.251 e. The summed E-state index contributed by atoms with van der Waals surface area (Å²) in [6, 6.07) is 22.1. The predicted molar refractivity (Wildman–Crippen MR) is 133 cm³/mol. The average Bonchev–Trinajstić information content (AvgIpc) is 3.09. The predicted octanol–water partition coefficient (Wildman–Crippen LogP) is 5.30. The number of rotatable bonds is 8. The monoisotopic (exact) mass is 442 g/mol. The Hall–Kier alpha value is -3.73. The summed E-state index contributed by atoms with van der Waals surface area (Å²) in [5, 5.41) is 4.16. The maximum atomic E-state index is 12.9. The van der Waals surface area contributed by atoms with Crippen molar-refractivity contribution in [1.29, 1.82) is 0 Å². The molecule has 0 aliphatic carbocycles. The lowest BCUT2D eigenvalue weighted by Gasteiger charge is -2.11. The van der Waals surface area contributed by atoms with E-state index in [1.807, 2.05) is 36.4 Å². The third kappa shape index (κ3) is 4.72. The number of aryl methyl sites for hydroxylation is 1. The summed E-state index contributed by atoms with van der Waals surface area (Å²) in [4.78, 5) is 12.9. The molecule has 5 nitrogen and oxygen atoms in total. The van der Waals surface area contributed by atoms with Crippen LogP contribution in [0.5, 0.6) is 11.5 Å². The quantitative estimate of drug-likeness (QED) is 0.403. The van der Waals surface area contributed by atoms with E-state index in [-0.39, 0.29) is 5.91 Å². The molecule has 0 aliphatic heterocycles. The third-order valence-electron chi connectivity index (χ3n) is 6.26. The first-order chi connectivity index (χ1) is 16.0. The van der Waals surface area contributed by atoms with Gasteiger partial charge in [0.2, 0.25) is 0 Å². The highest BCUT2D eigenvalue weighted by Crippen LogP contribution is 2.28. The number of carbonyl (C=O) groups is 1. The first-order valence-corrected chi connectivity index (χ1v) is 11.1. The molecule has 1 amide bonds. The van der Waals surface area contributed by atoms with Crippen molar-refractivity contribution < 1.29 is 14.3 Å². The molecular weight excluding hydrogens is 412 g/mol. The van der Waals surface area contributed by atoms with Crippen molar-refractivity contribution in [2.24, 2.45) is 0 Å². The highest BCUT2D eigenvalue weighted by atomic mass is 16.5. The van der Waals surface area contributed by atoms with Crippen molar-refractivity contribution in [3.63, 3.8) is 0 Å². The molecule has 33 heavy (non-hydrogen) atoms. The molecule has 3 aromatic carbocycles. The van der Waals surface area contributed by atoms with Gasteiger partial charge >= 0.3 is 0 Å². The summed E-state index contributed by atoms with van der Waals surface area (Å²) in [5.74, 6) is 1.44. The zero-order chi connectivity index (χ0) is 23.4. The summed E-state index contributed by atoms with van der Waals surface area (Å²) >= 11 is 0. The van der Waals surface area contributed by atoms with E-state index in [1.165, 1.54) is 16.8 Å². The molecule has 4 rings (SSSR count). The van der Waals surface area contributed by atoms with Gasteiger partial charge in [0.1, 0.15) is 11.5 Å². The van der Waals surface area contributed by atoms with Gasteiger partial charge in [-0.2, -0.15) is 0 Å². The molecule has 0 radical (unpaired) electrons. The second-order valence-electron chi connectivity index (χ2n) is 8.20. The molecule has 0 aliphatic rings. The molecule has 1 heterocycles. The summed E-state index contributed by atoms with van der Waals surface area (Å²) < 4.78 is 13.0. The number of benzene rings is 3. The number of fused-ring (bicyclic) bond motifs is 1. The first kappa shape index (κ1) is 22.5. The van der Waals surface area contributed by atoms with E-state index < -0.39 is 0 Å². The lowest BCUT2D eigenvalue weighted by molar-refractivity contribution is 0.0954. The maximum Gasteiger partial charge on any atom is 0.251 e. The molecule has 0 unspecified atom stereocenters. The van der Waals surface area contributed by atoms with Crippen molar-refractivity contribution in [2.45, 2.75) is 26.8 Å². The molecule has 1 N–H and O–H groups in total. The minimum absolute atomic E-state index is 0.0720. The Kier molecular flexibility index (Phi) is 6.68. The van der Waals surface area contributed by atoms with Gasteiger partial charge in [-0.3, -0.25) is 4.79 Å². The van der Waals surface area contributed by atoms with Crippen molar-refractivity contribution >= 4 is 16.8 Å². The van der Waals surface area contributed by atoms with Gasteiger partial charge in [0.15, 0.2) is 0 Å². The largest absolute Gasteiger partial charge is 0.497 e. The van der Waals surface area contributed by atoms with E-state index in [0.29, 0.717) is 18.5 Å². The van der Waals surface area contributed by atoms with E-state index >= 15 is 0 Å². The second-order valence-corrected chi connectivity index (χ2v) is 8.20. The number of amides is 1. The zero-order valence-electron chi connectivity index (χ0n) is 19.6. The zero-order valence-corrected chi connectivity index (χ0v) is 19.6. The van der Waals surface area contributed by atoms with Gasteiger partial charge in [-0.25, -0.2) is 0 Å². The lowest BCUT2D eigenvalue weighted by atomic mass is 10.1. The van der Waals surface area contributed by atoms with Crippen LogP contribution in [0.4, 0.5) is 0 Å². The molecule has 0 spiro atoms. The Labute approximate surface area is 195 Å². The Morgan fingerprint density at radius 1 is 0.939 bits per heavy atom. The molecule has 0 fully saturated rings. The number of hydrogen-bond acceptors (Lipinski definition) is 3. The molecule has 0 saturated heterocycles. The van der Waals surface area contributed by atoms with E-state index in [4.69, 9.17) is 9.47 Å². The molecule has 0 atom stereocenters. The van der Waals surface area contributed by atoms with Gasteiger partial charge in [-0.15, -0.1) is 0 Å². The van der Waals surface area contributed by atoms with Crippen LogP contribution in [0, 0.1) is 13.8 Å². The Morgan fingerprint density at radius 2 is 1.73 bits per heavy atom. The standard InChI is InChI=1S/C28H30N2O3/c1-19-20(2)30(18-21-8-6-5-7-9-21)26-13-11-23(16-25(19)26)28(31)29-15-14-22-10-12-24(32-3)17-27(22)33-4/h5-13,16-17H,14-15,18H2,1-4H3,(H,29,31). The van der Waals surface area contributed by atoms with Crippen LogP contribution in [0.15, 0.2) is 66.7 Å². The minimum Gasteiger partial charge on any atom is -0.497 e. The molecule has 0 bridgehead atoms. The minimum atomic E-state index is -0.0720. The lowest BCUT2D eigenvalue weighted by Crippen LogP contribution is -2.25. The van der Waals surface area contributed by atoms with E-state index in [2.05, 4.69) is 54.1 Å². The Bertz CT molecular complexity index is 1280. The number of nitrogens with one attached hydrogen (secondary N) is 1. The Morgan fingerprint density at radius 3 is 2.45 bits per heavy atom. The van der Waals surface area contributed by atoms with Crippen molar-refractivity contribution in [1.82, 2.24) is 9.88 Å². The molecule has 1 aromatic heterocycles. The van der Waals surface area contributed by atoms with Gasteiger partial charge in [0, 0.05) is 41.3 Å². The van der Waals surface area contributed by atoms with Crippen LogP contribution in [0.3, 0.4) is 0 Å². The summed E-state index contributed by atoms with van der Waals surface area (Å²) in [5.41, 5.74) is 6.53. The number of ether oxygens (including phenoxy) is 2. The maximum absolute atomic E-state index is 12.9. The van der Waals surface area contributed by atoms with Gasteiger partial charge < -0.3 is 19.4 Å². The van der Waals surface area contributed by atoms with Crippen LogP contribution in [-0.2, 0) is 13.0 Å². The molecule has 0 saturated carbocycles. The van der Waals surface area contributed by atoms with E-state index in [9.17, 15) is 4.79 Å². The first-order valence-electron chi connectivity index (χ1n) is 11.1. The van der Waals surface area contributed by atoms with Crippen molar-refractivity contribution in [2.75, 3.05) is 20.8 Å². The summed E-state index contributed by atoms with van der Waals surface area (Å²) in [6.45, 7) is 5.59. The molecule has 4 aromatic rings. The van der Waals surface area contributed by atoms with Gasteiger partial charge in [-0.1, -0.05) is 36.4 Å². The normalized spacial score (nSPS) is 10.9. The number of carbonyl (C=O) groups excluding carboxylic acids is 1. The van der Waals surface area contributed by atoms with Crippen LogP contribution in [0.1, 0.15) is 32.7 Å². The van der Waals surface area contributed by atoms with Crippen LogP contribution < -0.4 is 14.8 Å². The fourth-order valence-corrected chi connectivity index (χ4v) is 4.23. The highest BCUT2D eigenvalue weighted by molar-refractivity contribution is 5.99. The van der Waals surface area contributed by atoms with Crippen LogP contribution >= 0.6 is 0 Å². The second kappa shape index (κ2) is 9.82. The highest BCUT2D eigenvalue weighted by Gasteiger charge is 2.14. The molecule has 170 valence electrons. The molecular formula is C28H30N2O3. The van der Waals surface area contributed by atoms with E-state index in [0.717, 1.165) is 34.5 Å². The van der Waals surface area contributed by atoms with Gasteiger partial charge in [0.05, 0.1) is 14.2 Å². The fraction of sp³-hybridized carbons (Fsp3) is 0.250. The van der Waals surface area contributed by atoms with Gasteiger partial charge in [-0.05, 0) is 61.2 Å². The topological polar surface area (TPSA) is 52.5 Å². The third-order valence-corrected chi connectivity index (χ3v) is 6.26. The number of nitrogens with zero attached hydrogens (tertiary/aromatic N) is 1. The van der Waals surface area contributed by atoms with Crippen LogP contribution in [0.2, 0.25) is 0 Å². The van der Waals surface area contributed by atoms with Crippen LogP contribution in [0.25, 0.3) is 10.9 Å². The molecule has 5 heteroatoms.